The highest BCUT2D eigenvalue weighted by atomic mass is 32.1. The molecule has 8 aromatic carbocycles. The topological polar surface area (TPSA) is 69.6 Å². The summed E-state index contributed by atoms with van der Waals surface area (Å²) in [4.78, 5) is 20.7. The van der Waals surface area contributed by atoms with Crippen LogP contribution in [0.2, 0.25) is 0 Å². The first-order chi connectivity index (χ1) is 29.2. The van der Waals surface area contributed by atoms with Crippen molar-refractivity contribution >= 4 is 64.5 Å². The summed E-state index contributed by atoms with van der Waals surface area (Å²) >= 11 is 1.77. The maximum Gasteiger partial charge on any atom is 0.164 e. The Labute approximate surface area is 342 Å². The first-order valence-corrected chi connectivity index (χ1v) is 20.4. The number of hydrogen-bond acceptors (Lipinski definition) is 6. The molecule has 0 radical (unpaired) electrons. The molecule has 12 aromatic rings. The van der Waals surface area contributed by atoms with E-state index in [-0.39, 0.29) is 0 Å². The van der Waals surface area contributed by atoms with E-state index in [0.29, 0.717) is 17.5 Å². The van der Waals surface area contributed by atoms with Crippen molar-refractivity contribution in [1.29, 1.82) is 0 Å². The van der Waals surface area contributed by atoms with Crippen molar-refractivity contribution in [3.05, 3.63) is 188 Å². The van der Waals surface area contributed by atoms with Crippen molar-refractivity contribution in [3.8, 4) is 62.4 Å². The molecule has 0 bridgehead atoms. The van der Waals surface area contributed by atoms with Gasteiger partial charge in [0.25, 0.3) is 0 Å². The number of imidazole rings is 1. The van der Waals surface area contributed by atoms with Crippen LogP contribution >= 0.6 is 11.3 Å². The van der Waals surface area contributed by atoms with Crippen LogP contribution in [0.15, 0.2) is 192 Å². The van der Waals surface area contributed by atoms with Crippen LogP contribution < -0.4 is 0 Å². The zero-order valence-corrected chi connectivity index (χ0v) is 32.3. The summed E-state index contributed by atoms with van der Waals surface area (Å²) in [5.74, 6) is 2.75. The third kappa shape index (κ3) is 5.55. The highest BCUT2D eigenvalue weighted by Gasteiger charge is 2.20. The van der Waals surface area contributed by atoms with Crippen molar-refractivity contribution in [2.24, 2.45) is 0 Å². The fraction of sp³-hybridized carbons (Fsp3) is 0. The number of fused-ring (bicyclic) bond motifs is 7. The summed E-state index contributed by atoms with van der Waals surface area (Å²) in [5, 5.41) is 4.47. The van der Waals surface area contributed by atoms with Gasteiger partial charge in [0.2, 0.25) is 0 Å². The van der Waals surface area contributed by atoms with Gasteiger partial charge in [0.15, 0.2) is 17.5 Å². The zero-order chi connectivity index (χ0) is 38.9. The predicted molar refractivity (Wildman–Crippen MR) is 242 cm³/mol. The number of furan rings is 1. The van der Waals surface area contributed by atoms with Crippen LogP contribution in [0.5, 0.6) is 0 Å². The molecule has 6 nitrogen and oxygen atoms in total. The van der Waals surface area contributed by atoms with Gasteiger partial charge in [-0.1, -0.05) is 140 Å². The lowest BCUT2D eigenvalue weighted by Crippen LogP contribution is -2.00. The Morgan fingerprint density at radius 1 is 0.424 bits per heavy atom. The van der Waals surface area contributed by atoms with E-state index < -0.39 is 0 Å². The molecule has 0 atom stereocenters. The number of aromatic nitrogens is 5. The minimum atomic E-state index is 0.603. The molecule has 0 spiro atoms. The molecule has 0 aliphatic rings. The standard InChI is InChI=1S/C52H31N5OS/c1-3-14-32(15-4-1)49-54-50(34-17-11-16-33(30-34)37-21-12-22-39-38-20-7-10-26-44(38)58-48(37)39)56-51(55-49)41-23-13-27-45-47(41)40-29-28-35(31-46(40)59-45)52-53-42-24-8-9-25-43(42)57(52)36-18-5-2-6-19-36/h1-31H. The Kier molecular flexibility index (Phi) is 7.61. The average molecular weight is 774 g/mol. The first-order valence-electron chi connectivity index (χ1n) is 19.5. The zero-order valence-electron chi connectivity index (χ0n) is 31.5. The summed E-state index contributed by atoms with van der Waals surface area (Å²) in [6.07, 6.45) is 0. The van der Waals surface area contributed by atoms with Crippen LogP contribution in [0.4, 0.5) is 0 Å². The molecule has 276 valence electrons. The van der Waals surface area contributed by atoms with E-state index in [9.17, 15) is 0 Å². The lowest BCUT2D eigenvalue weighted by molar-refractivity contribution is 0.670. The van der Waals surface area contributed by atoms with Gasteiger partial charge in [-0.25, -0.2) is 19.9 Å². The van der Waals surface area contributed by atoms with E-state index in [4.69, 9.17) is 24.4 Å². The molecule has 4 heterocycles. The third-order valence-corrected chi connectivity index (χ3v) is 12.2. The van der Waals surface area contributed by atoms with E-state index in [1.54, 1.807) is 11.3 Å². The highest BCUT2D eigenvalue weighted by molar-refractivity contribution is 7.26. The molecule has 4 aromatic heterocycles. The maximum atomic E-state index is 6.43. The molecule has 0 fully saturated rings. The fourth-order valence-corrected chi connectivity index (χ4v) is 9.52. The molecular formula is C52H31N5OS. The quantitative estimate of drug-likeness (QED) is 0.168. The normalized spacial score (nSPS) is 11.7. The van der Waals surface area contributed by atoms with E-state index >= 15 is 0 Å². The number of rotatable bonds is 6. The van der Waals surface area contributed by atoms with E-state index in [1.807, 2.05) is 54.6 Å². The minimum Gasteiger partial charge on any atom is -0.455 e. The summed E-state index contributed by atoms with van der Waals surface area (Å²) < 4.78 is 11.0. The summed E-state index contributed by atoms with van der Waals surface area (Å²) in [6.45, 7) is 0. The molecule has 0 N–H and O–H groups in total. The van der Waals surface area contributed by atoms with Crippen LogP contribution in [0, 0.1) is 0 Å². The molecule has 0 saturated carbocycles. The molecule has 0 saturated heterocycles. The SMILES string of the molecule is c1ccc(-c2nc(-c3cccc(-c4cccc5c4oc4ccccc45)c3)nc(-c3cccc4sc5cc(-c6nc7ccccc7n6-c6ccccc6)ccc5c34)n2)cc1. The lowest BCUT2D eigenvalue weighted by atomic mass is 10.00. The second kappa shape index (κ2) is 13.4. The summed E-state index contributed by atoms with van der Waals surface area (Å²) in [7, 11) is 0. The fourth-order valence-electron chi connectivity index (χ4n) is 8.35. The number of thiophene rings is 1. The molecule has 12 rings (SSSR count). The van der Waals surface area contributed by atoms with E-state index in [1.165, 1.54) is 4.70 Å². The molecule has 59 heavy (non-hydrogen) atoms. The largest absolute Gasteiger partial charge is 0.455 e. The molecule has 0 aliphatic carbocycles. The van der Waals surface area contributed by atoms with Gasteiger partial charge in [0, 0.05) is 64.4 Å². The molecule has 0 amide bonds. The van der Waals surface area contributed by atoms with Crippen LogP contribution in [-0.4, -0.2) is 24.5 Å². The average Bonchev–Trinajstić information content (AvgIpc) is 4.01. The molecule has 7 heteroatoms. The van der Waals surface area contributed by atoms with Gasteiger partial charge in [-0.05, 0) is 54.1 Å². The monoisotopic (exact) mass is 773 g/mol. The molecule has 0 unspecified atom stereocenters. The van der Waals surface area contributed by atoms with Gasteiger partial charge in [0.1, 0.15) is 17.0 Å². The van der Waals surface area contributed by atoms with Gasteiger partial charge in [-0.3, -0.25) is 4.57 Å². The Morgan fingerprint density at radius 3 is 2.00 bits per heavy atom. The summed E-state index contributed by atoms with van der Waals surface area (Å²) in [6, 6.07) is 64.9. The van der Waals surface area contributed by atoms with Crippen LogP contribution in [0.1, 0.15) is 0 Å². The molecule has 0 aliphatic heterocycles. The van der Waals surface area contributed by atoms with Crippen molar-refractivity contribution < 1.29 is 4.42 Å². The van der Waals surface area contributed by atoms with Gasteiger partial charge in [0.05, 0.1) is 11.0 Å². The van der Waals surface area contributed by atoms with Crippen molar-refractivity contribution in [2.75, 3.05) is 0 Å². The van der Waals surface area contributed by atoms with Crippen LogP contribution in [-0.2, 0) is 0 Å². The molecular weight excluding hydrogens is 743 g/mol. The smallest absolute Gasteiger partial charge is 0.164 e. The number of nitrogens with zero attached hydrogens (tertiary/aromatic N) is 5. The van der Waals surface area contributed by atoms with Gasteiger partial charge < -0.3 is 4.42 Å². The van der Waals surface area contributed by atoms with Crippen molar-refractivity contribution in [3.63, 3.8) is 0 Å². The second-order valence-electron chi connectivity index (χ2n) is 14.6. The van der Waals surface area contributed by atoms with E-state index in [2.05, 4.69) is 138 Å². The number of para-hydroxylation sites is 5. The first kappa shape index (κ1) is 33.4. The Hall–Kier alpha value is -7.74. The highest BCUT2D eigenvalue weighted by Crippen LogP contribution is 2.42. The van der Waals surface area contributed by atoms with Crippen LogP contribution in [0.3, 0.4) is 0 Å². The second-order valence-corrected chi connectivity index (χ2v) is 15.7. The Morgan fingerprint density at radius 2 is 1.10 bits per heavy atom. The summed E-state index contributed by atoms with van der Waals surface area (Å²) in [5.41, 5.74) is 10.7. The van der Waals surface area contributed by atoms with Crippen LogP contribution in [0.25, 0.3) is 116 Å². The number of benzene rings is 8. The lowest BCUT2D eigenvalue weighted by Gasteiger charge is -2.11. The van der Waals surface area contributed by atoms with Gasteiger partial charge in [-0.2, -0.15) is 0 Å². The Bertz CT molecular complexity index is 3570. The Balaban J connectivity index is 1.01. The third-order valence-electron chi connectivity index (χ3n) is 11.1. The van der Waals surface area contributed by atoms with Crippen molar-refractivity contribution in [2.45, 2.75) is 0 Å². The number of hydrogen-bond donors (Lipinski definition) is 0. The van der Waals surface area contributed by atoms with Gasteiger partial charge in [-0.15, -0.1) is 11.3 Å². The van der Waals surface area contributed by atoms with Crippen molar-refractivity contribution in [1.82, 2.24) is 24.5 Å². The predicted octanol–water partition coefficient (Wildman–Crippen LogP) is 13.8. The van der Waals surface area contributed by atoms with E-state index in [0.717, 1.165) is 93.3 Å². The maximum absolute atomic E-state index is 6.43. The van der Waals surface area contributed by atoms with Gasteiger partial charge >= 0.3 is 0 Å². The minimum absolute atomic E-state index is 0.603.